The molecule has 0 saturated carbocycles. The Labute approximate surface area is 105 Å². The van der Waals surface area contributed by atoms with E-state index >= 15 is 0 Å². The molecule has 0 atom stereocenters. The standard InChI is InChI=1S/C13H16N2O3/c1-13(2,3)15-7-11(16)14-9-5-4-8(12(17)18)6-10(9)15/h4-6H,7H2,1-3H3,(H,14,16)(H,17,18). The van der Waals surface area contributed by atoms with E-state index in [2.05, 4.69) is 5.32 Å². The van der Waals surface area contributed by atoms with Crippen LogP contribution in [0.2, 0.25) is 0 Å². The van der Waals surface area contributed by atoms with E-state index in [1.807, 2.05) is 25.7 Å². The number of aromatic carboxylic acids is 1. The fourth-order valence-corrected chi connectivity index (χ4v) is 2.01. The van der Waals surface area contributed by atoms with E-state index in [0.29, 0.717) is 5.69 Å². The van der Waals surface area contributed by atoms with Gasteiger partial charge >= 0.3 is 5.97 Å². The number of carbonyl (C=O) groups excluding carboxylic acids is 1. The zero-order chi connectivity index (χ0) is 13.5. The van der Waals surface area contributed by atoms with Crippen molar-refractivity contribution in [3.05, 3.63) is 23.8 Å². The van der Waals surface area contributed by atoms with Gasteiger partial charge in [-0.15, -0.1) is 0 Å². The second-order valence-corrected chi connectivity index (χ2v) is 5.34. The van der Waals surface area contributed by atoms with Gasteiger partial charge in [-0.25, -0.2) is 4.79 Å². The Kier molecular flexibility index (Phi) is 2.77. The van der Waals surface area contributed by atoms with Gasteiger partial charge in [-0.2, -0.15) is 0 Å². The topological polar surface area (TPSA) is 69.6 Å². The number of carboxylic acids is 1. The number of carbonyl (C=O) groups is 2. The van der Waals surface area contributed by atoms with E-state index in [-0.39, 0.29) is 23.6 Å². The van der Waals surface area contributed by atoms with Crippen molar-refractivity contribution in [2.75, 3.05) is 16.8 Å². The van der Waals surface area contributed by atoms with E-state index in [4.69, 9.17) is 5.11 Å². The Bertz CT molecular complexity index is 517. The average Bonchev–Trinajstić information content (AvgIpc) is 2.25. The molecule has 18 heavy (non-hydrogen) atoms. The molecule has 2 rings (SSSR count). The van der Waals surface area contributed by atoms with Crippen LogP contribution in [0.4, 0.5) is 11.4 Å². The van der Waals surface area contributed by atoms with Gasteiger partial charge in [0.15, 0.2) is 0 Å². The number of carboxylic acid groups (broad SMARTS) is 1. The normalized spacial score (nSPS) is 15.1. The molecule has 0 radical (unpaired) electrons. The van der Waals surface area contributed by atoms with Crippen molar-refractivity contribution < 1.29 is 14.7 Å². The van der Waals surface area contributed by atoms with Crippen molar-refractivity contribution in [1.82, 2.24) is 0 Å². The summed E-state index contributed by atoms with van der Waals surface area (Å²) in [5.74, 6) is -1.05. The maximum Gasteiger partial charge on any atom is 0.335 e. The zero-order valence-electron chi connectivity index (χ0n) is 10.7. The highest BCUT2D eigenvalue weighted by molar-refractivity contribution is 6.03. The van der Waals surface area contributed by atoms with E-state index < -0.39 is 5.97 Å². The van der Waals surface area contributed by atoms with E-state index in [1.54, 1.807) is 12.1 Å². The summed E-state index contributed by atoms with van der Waals surface area (Å²) in [5, 5.41) is 11.8. The Morgan fingerprint density at radius 2 is 2.06 bits per heavy atom. The predicted octanol–water partition coefficient (Wildman–Crippen LogP) is 1.94. The number of benzene rings is 1. The summed E-state index contributed by atoms with van der Waals surface area (Å²) in [7, 11) is 0. The van der Waals surface area contributed by atoms with Crippen molar-refractivity contribution in [1.29, 1.82) is 0 Å². The molecule has 0 aromatic heterocycles. The summed E-state index contributed by atoms with van der Waals surface area (Å²) in [5.41, 5.74) is 1.39. The number of hydrogen-bond donors (Lipinski definition) is 2. The average molecular weight is 248 g/mol. The third kappa shape index (κ3) is 2.16. The molecule has 0 fully saturated rings. The molecule has 96 valence electrons. The van der Waals surface area contributed by atoms with Crippen molar-refractivity contribution in [2.45, 2.75) is 26.3 Å². The maximum absolute atomic E-state index is 11.6. The monoisotopic (exact) mass is 248 g/mol. The van der Waals surface area contributed by atoms with Gasteiger partial charge in [0.2, 0.25) is 5.91 Å². The minimum Gasteiger partial charge on any atom is -0.478 e. The highest BCUT2D eigenvalue weighted by atomic mass is 16.4. The SMILES string of the molecule is CC(C)(C)N1CC(=O)Nc2ccc(C(=O)O)cc21. The molecule has 0 unspecified atom stereocenters. The Balaban J connectivity index is 2.54. The molecule has 1 aliphatic rings. The van der Waals surface area contributed by atoms with E-state index in [0.717, 1.165) is 5.69 Å². The lowest BCUT2D eigenvalue weighted by Crippen LogP contribution is -2.49. The number of anilines is 2. The number of nitrogens with zero attached hydrogens (tertiary/aromatic N) is 1. The number of fused-ring (bicyclic) bond motifs is 1. The highest BCUT2D eigenvalue weighted by Gasteiger charge is 2.30. The van der Waals surface area contributed by atoms with E-state index in [1.165, 1.54) is 6.07 Å². The summed E-state index contributed by atoms with van der Waals surface area (Å²) in [4.78, 5) is 24.5. The van der Waals surface area contributed by atoms with Crippen LogP contribution in [0.5, 0.6) is 0 Å². The maximum atomic E-state index is 11.6. The van der Waals surface area contributed by atoms with Crippen LogP contribution < -0.4 is 10.2 Å². The summed E-state index contributed by atoms with van der Waals surface area (Å²) in [6.07, 6.45) is 0. The summed E-state index contributed by atoms with van der Waals surface area (Å²) >= 11 is 0. The molecule has 5 heteroatoms. The zero-order valence-corrected chi connectivity index (χ0v) is 10.7. The largest absolute Gasteiger partial charge is 0.478 e. The molecule has 1 aromatic carbocycles. The molecule has 0 bridgehead atoms. The summed E-state index contributed by atoms with van der Waals surface area (Å²) < 4.78 is 0. The third-order valence-electron chi connectivity index (χ3n) is 2.92. The molecule has 5 nitrogen and oxygen atoms in total. The lowest BCUT2D eigenvalue weighted by molar-refractivity contribution is -0.115. The van der Waals surface area contributed by atoms with Crippen LogP contribution in [0.25, 0.3) is 0 Å². The second-order valence-electron chi connectivity index (χ2n) is 5.34. The van der Waals surface area contributed by atoms with Gasteiger partial charge in [0.25, 0.3) is 0 Å². The van der Waals surface area contributed by atoms with Crippen LogP contribution in [0.1, 0.15) is 31.1 Å². The molecular weight excluding hydrogens is 232 g/mol. The van der Waals surface area contributed by atoms with Crippen LogP contribution in [0.15, 0.2) is 18.2 Å². The van der Waals surface area contributed by atoms with Crippen molar-refractivity contribution in [2.24, 2.45) is 0 Å². The van der Waals surface area contributed by atoms with Crippen molar-refractivity contribution in [3.63, 3.8) is 0 Å². The van der Waals surface area contributed by atoms with Crippen molar-refractivity contribution in [3.8, 4) is 0 Å². The lowest BCUT2D eigenvalue weighted by Gasteiger charge is -2.41. The molecule has 1 aliphatic heterocycles. The van der Waals surface area contributed by atoms with E-state index in [9.17, 15) is 9.59 Å². The molecule has 0 aliphatic carbocycles. The highest BCUT2D eigenvalue weighted by Crippen LogP contribution is 2.34. The van der Waals surface area contributed by atoms with Gasteiger partial charge in [0.05, 0.1) is 23.5 Å². The predicted molar refractivity (Wildman–Crippen MR) is 69.1 cm³/mol. The molecule has 0 saturated heterocycles. The molecular formula is C13H16N2O3. The van der Waals surface area contributed by atoms with Gasteiger partial charge in [-0.3, -0.25) is 4.79 Å². The molecule has 2 N–H and O–H groups in total. The first-order valence-electron chi connectivity index (χ1n) is 5.74. The van der Waals surface area contributed by atoms with Crippen LogP contribution in [0, 0.1) is 0 Å². The number of hydrogen-bond acceptors (Lipinski definition) is 3. The van der Waals surface area contributed by atoms with Gasteiger partial charge in [-0.1, -0.05) is 0 Å². The quantitative estimate of drug-likeness (QED) is 0.797. The Morgan fingerprint density at radius 3 is 2.61 bits per heavy atom. The summed E-state index contributed by atoms with van der Waals surface area (Å²) in [6, 6.07) is 4.73. The van der Waals surface area contributed by atoms with Gasteiger partial charge < -0.3 is 15.3 Å². The lowest BCUT2D eigenvalue weighted by atomic mass is 10.0. The fourth-order valence-electron chi connectivity index (χ4n) is 2.01. The van der Waals surface area contributed by atoms with Crippen molar-refractivity contribution >= 4 is 23.3 Å². The Morgan fingerprint density at radius 1 is 1.39 bits per heavy atom. The van der Waals surface area contributed by atoms with Gasteiger partial charge in [0, 0.05) is 5.54 Å². The minimum absolute atomic E-state index is 0.0829. The first-order chi connectivity index (χ1) is 8.29. The minimum atomic E-state index is -0.969. The van der Waals surface area contributed by atoms with Gasteiger partial charge in [-0.05, 0) is 39.0 Å². The molecule has 0 spiro atoms. The second kappa shape index (κ2) is 4.01. The first kappa shape index (κ1) is 12.4. The number of amides is 1. The number of nitrogens with one attached hydrogen (secondary N) is 1. The van der Waals surface area contributed by atoms with Crippen LogP contribution >= 0.6 is 0 Å². The van der Waals surface area contributed by atoms with Gasteiger partial charge in [0.1, 0.15) is 0 Å². The van der Waals surface area contributed by atoms with Crippen LogP contribution in [-0.4, -0.2) is 29.1 Å². The molecule has 1 heterocycles. The first-order valence-corrected chi connectivity index (χ1v) is 5.74. The van der Waals surface area contributed by atoms with Crippen LogP contribution in [-0.2, 0) is 4.79 Å². The molecule has 1 aromatic rings. The van der Waals surface area contributed by atoms with Crippen LogP contribution in [0.3, 0.4) is 0 Å². The fraction of sp³-hybridized carbons (Fsp3) is 0.385. The molecule has 1 amide bonds. The smallest absolute Gasteiger partial charge is 0.335 e. The Hall–Kier alpha value is -2.04. The summed E-state index contributed by atoms with van der Waals surface area (Å²) in [6.45, 7) is 6.20. The number of rotatable bonds is 1. The third-order valence-corrected chi connectivity index (χ3v) is 2.92.